The molecule has 1 aromatic rings. The molecule has 88 valence electrons. The van der Waals surface area contributed by atoms with Crippen molar-refractivity contribution in [1.29, 1.82) is 0 Å². The molecule has 1 rings (SSSR count). The molecule has 0 saturated carbocycles. The summed E-state index contributed by atoms with van der Waals surface area (Å²) in [6, 6.07) is 4.67. The maximum Gasteiger partial charge on any atom is 0.335 e. The van der Waals surface area contributed by atoms with Gasteiger partial charge in [0.15, 0.2) is 0 Å². The van der Waals surface area contributed by atoms with E-state index in [1.54, 1.807) is 18.2 Å². The fraction of sp³-hybridized carbons (Fsp3) is 0.0769. The van der Waals surface area contributed by atoms with Gasteiger partial charge < -0.3 is 10.2 Å². The number of aliphatic carboxylic acids is 1. The highest BCUT2D eigenvalue weighted by Gasteiger charge is 2.04. The molecule has 0 aromatic heterocycles. The monoisotopic (exact) mass is 232 g/mol. The van der Waals surface area contributed by atoms with E-state index in [9.17, 15) is 9.59 Å². The molecule has 0 radical (unpaired) electrons. The average molecular weight is 232 g/mol. The van der Waals surface area contributed by atoms with Crippen molar-refractivity contribution in [3.63, 3.8) is 0 Å². The summed E-state index contributed by atoms with van der Waals surface area (Å²) in [6.07, 6.45) is 5.87. The second-order valence-corrected chi connectivity index (χ2v) is 3.37. The molecule has 0 amide bonds. The van der Waals surface area contributed by atoms with E-state index < -0.39 is 11.9 Å². The van der Waals surface area contributed by atoms with E-state index in [2.05, 4.69) is 0 Å². The highest BCUT2D eigenvalue weighted by atomic mass is 16.4. The van der Waals surface area contributed by atoms with E-state index in [1.807, 2.05) is 6.92 Å². The Morgan fingerprint density at radius 3 is 2.12 bits per heavy atom. The minimum Gasteiger partial charge on any atom is -0.478 e. The number of benzene rings is 1. The van der Waals surface area contributed by atoms with E-state index in [0.717, 1.165) is 11.6 Å². The zero-order valence-corrected chi connectivity index (χ0v) is 9.25. The molecule has 0 unspecified atom stereocenters. The lowest BCUT2D eigenvalue weighted by Crippen LogP contribution is -1.97. The summed E-state index contributed by atoms with van der Waals surface area (Å²) in [6.45, 7) is 1.82. The largest absolute Gasteiger partial charge is 0.478 e. The van der Waals surface area contributed by atoms with E-state index in [1.165, 1.54) is 18.2 Å². The molecule has 0 aliphatic heterocycles. The van der Waals surface area contributed by atoms with Crippen molar-refractivity contribution in [3.8, 4) is 0 Å². The number of carboxylic acids is 2. The third-order valence-electron chi connectivity index (χ3n) is 2.00. The van der Waals surface area contributed by atoms with E-state index in [0.29, 0.717) is 5.56 Å². The normalized spacial score (nSPS) is 11.1. The molecule has 0 bridgehead atoms. The first-order chi connectivity index (χ1) is 8.02. The molecule has 0 fully saturated rings. The van der Waals surface area contributed by atoms with E-state index in [-0.39, 0.29) is 5.56 Å². The smallest absolute Gasteiger partial charge is 0.335 e. The summed E-state index contributed by atoms with van der Waals surface area (Å²) >= 11 is 0. The van der Waals surface area contributed by atoms with Crippen LogP contribution in [0.15, 0.2) is 30.4 Å². The zero-order chi connectivity index (χ0) is 12.8. The lowest BCUT2D eigenvalue weighted by atomic mass is 10.0. The van der Waals surface area contributed by atoms with Gasteiger partial charge in [-0.3, -0.25) is 0 Å². The van der Waals surface area contributed by atoms with Crippen molar-refractivity contribution in [2.24, 2.45) is 0 Å². The average Bonchev–Trinajstić information content (AvgIpc) is 2.26. The maximum absolute atomic E-state index is 10.9. The van der Waals surface area contributed by atoms with Crippen molar-refractivity contribution < 1.29 is 19.8 Å². The standard InChI is InChI=1S/C13H12O4/c1-2-3-9-6-10(4-5-12(14)15)8-11(7-9)13(16)17/h2-8H,1H3,(H,14,15)(H,16,17). The highest BCUT2D eigenvalue weighted by molar-refractivity contribution is 5.90. The summed E-state index contributed by atoms with van der Waals surface area (Å²) in [5.41, 5.74) is 1.39. The van der Waals surface area contributed by atoms with Gasteiger partial charge in [0.2, 0.25) is 0 Å². The third-order valence-corrected chi connectivity index (χ3v) is 2.00. The molecule has 0 atom stereocenters. The van der Waals surface area contributed by atoms with E-state index >= 15 is 0 Å². The minimum absolute atomic E-state index is 0.130. The van der Waals surface area contributed by atoms with Crippen molar-refractivity contribution in [1.82, 2.24) is 0 Å². The van der Waals surface area contributed by atoms with Crippen molar-refractivity contribution >= 4 is 24.1 Å². The summed E-state index contributed by atoms with van der Waals surface area (Å²) in [5, 5.41) is 17.4. The van der Waals surface area contributed by atoms with Crippen LogP contribution < -0.4 is 0 Å². The zero-order valence-electron chi connectivity index (χ0n) is 9.25. The van der Waals surface area contributed by atoms with Gasteiger partial charge in [-0.25, -0.2) is 9.59 Å². The Hall–Kier alpha value is -2.36. The Balaban J connectivity index is 3.21. The first kappa shape index (κ1) is 12.7. The minimum atomic E-state index is -1.07. The van der Waals surface area contributed by atoms with Gasteiger partial charge in [-0.2, -0.15) is 0 Å². The van der Waals surface area contributed by atoms with Crippen molar-refractivity contribution in [3.05, 3.63) is 47.0 Å². The van der Waals surface area contributed by atoms with Gasteiger partial charge in [-0.05, 0) is 42.3 Å². The molecule has 0 aliphatic rings. The second kappa shape index (κ2) is 5.65. The fourth-order valence-corrected chi connectivity index (χ4v) is 1.35. The van der Waals surface area contributed by atoms with Crippen LogP contribution in [-0.4, -0.2) is 22.2 Å². The third kappa shape index (κ3) is 3.95. The molecule has 2 N–H and O–H groups in total. The Kier molecular flexibility index (Phi) is 4.22. The molecule has 0 saturated heterocycles. The summed E-state index contributed by atoms with van der Waals surface area (Å²) in [5.74, 6) is -2.11. The predicted octanol–water partition coefficient (Wildman–Crippen LogP) is 2.52. The molecule has 4 heteroatoms. The molecule has 1 aromatic carbocycles. The van der Waals surface area contributed by atoms with Crippen molar-refractivity contribution in [2.75, 3.05) is 0 Å². The second-order valence-electron chi connectivity index (χ2n) is 3.37. The molecule has 0 spiro atoms. The van der Waals surface area contributed by atoms with Crippen LogP contribution >= 0.6 is 0 Å². The number of rotatable bonds is 4. The van der Waals surface area contributed by atoms with Gasteiger partial charge in [-0.1, -0.05) is 12.2 Å². The predicted molar refractivity (Wildman–Crippen MR) is 64.8 cm³/mol. The lowest BCUT2D eigenvalue weighted by molar-refractivity contribution is -0.131. The molecule has 0 heterocycles. The van der Waals surface area contributed by atoms with Gasteiger partial charge in [0.05, 0.1) is 5.56 Å². The van der Waals surface area contributed by atoms with Gasteiger partial charge >= 0.3 is 11.9 Å². The Labute approximate surface area is 98.5 Å². The highest BCUT2D eigenvalue weighted by Crippen LogP contribution is 2.13. The molecule has 0 aliphatic carbocycles. The topological polar surface area (TPSA) is 74.6 Å². The summed E-state index contributed by atoms with van der Waals surface area (Å²) in [4.78, 5) is 21.3. The number of hydrogen-bond donors (Lipinski definition) is 2. The Morgan fingerprint density at radius 2 is 1.65 bits per heavy atom. The van der Waals surface area contributed by atoms with Crippen LogP contribution in [0.3, 0.4) is 0 Å². The van der Waals surface area contributed by atoms with Crippen LogP contribution in [0.1, 0.15) is 28.4 Å². The first-order valence-electron chi connectivity index (χ1n) is 4.95. The van der Waals surface area contributed by atoms with E-state index in [4.69, 9.17) is 10.2 Å². The number of allylic oxidation sites excluding steroid dienone is 1. The van der Waals surface area contributed by atoms with Gasteiger partial charge in [0.25, 0.3) is 0 Å². The van der Waals surface area contributed by atoms with Crippen LogP contribution in [-0.2, 0) is 4.79 Å². The van der Waals surface area contributed by atoms with Gasteiger partial charge in [0.1, 0.15) is 0 Å². The first-order valence-corrected chi connectivity index (χ1v) is 4.95. The maximum atomic E-state index is 10.9. The van der Waals surface area contributed by atoms with Crippen LogP contribution in [0.2, 0.25) is 0 Å². The number of carbonyl (C=O) groups is 2. The van der Waals surface area contributed by atoms with Gasteiger partial charge in [-0.15, -0.1) is 0 Å². The molecule has 17 heavy (non-hydrogen) atoms. The van der Waals surface area contributed by atoms with Crippen molar-refractivity contribution in [2.45, 2.75) is 6.92 Å². The summed E-state index contributed by atoms with van der Waals surface area (Å²) in [7, 11) is 0. The SMILES string of the molecule is CC=Cc1cc(C=CC(=O)O)cc(C(=O)O)c1. The van der Waals surface area contributed by atoms with Crippen LogP contribution in [0.4, 0.5) is 0 Å². The lowest BCUT2D eigenvalue weighted by Gasteiger charge is -2.01. The quantitative estimate of drug-likeness (QED) is 0.782. The molecule has 4 nitrogen and oxygen atoms in total. The number of hydrogen-bond acceptors (Lipinski definition) is 2. The van der Waals surface area contributed by atoms with Gasteiger partial charge in [0, 0.05) is 6.08 Å². The Morgan fingerprint density at radius 1 is 1.06 bits per heavy atom. The summed E-state index contributed by atoms with van der Waals surface area (Å²) < 4.78 is 0. The number of aromatic carboxylic acids is 1. The van der Waals surface area contributed by atoms with Crippen LogP contribution in [0.5, 0.6) is 0 Å². The van der Waals surface area contributed by atoms with Crippen LogP contribution in [0.25, 0.3) is 12.2 Å². The fourth-order valence-electron chi connectivity index (χ4n) is 1.35. The van der Waals surface area contributed by atoms with Crippen LogP contribution in [0, 0.1) is 0 Å². The Bertz CT molecular complexity index is 498. The molecular formula is C13H12O4. The number of carboxylic acid groups (broad SMARTS) is 2. The molecular weight excluding hydrogens is 220 g/mol.